The van der Waals surface area contributed by atoms with E-state index in [9.17, 15) is 14.0 Å². The van der Waals surface area contributed by atoms with Gasteiger partial charge in [0.1, 0.15) is 11.4 Å². The average molecular weight is 342 g/mol. The van der Waals surface area contributed by atoms with Crippen LogP contribution in [0.2, 0.25) is 0 Å². The van der Waals surface area contributed by atoms with Gasteiger partial charge in [0.2, 0.25) is 0 Å². The molecule has 1 saturated heterocycles. The zero-order valence-corrected chi connectivity index (χ0v) is 14.9. The number of nitrogens with zero attached hydrogens (tertiary/aromatic N) is 2. The van der Waals surface area contributed by atoms with Crippen LogP contribution in [-0.2, 0) is 7.05 Å². The molecule has 0 unspecified atom stereocenters. The lowest BCUT2D eigenvalue weighted by Crippen LogP contribution is -2.42. The number of amides is 1. The van der Waals surface area contributed by atoms with Crippen LogP contribution in [0, 0.1) is 19.7 Å². The number of likely N-dealkylation sites (tertiary alicyclic amines) is 1. The molecule has 0 bridgehead atoms. The molecule has 1 atom stereocenters. The normalized spacial score (nSPS) is 17.6. The van der Waals surface area contributed by atoms with Gasteiger partial charge in [0.15, 0.2) is 0 Å². The predicted molar refractivity (Wildman–Crippen MR) is 95.2 cm³/mol. The van der Waals surface area contributed by atoms with Crippen molar-refractivity contribution < 1.29 is 9.18 Å². The van der Waals surface area contributed by atoms with E-state index in [0.717, 1.165) is 30.5 Å². The van der Waals surface area contributed by atoms with Gasteiger partial charge in [-0.25, -0.2) is 4.39 Å². The van der Waals surface area contributed by atoms with Crippen LogP contribution in [0.25, 0.3) is 0 Å². The van der Waals surface area contributed by atoms with Crippen molar-refractivity contribution in [1.82, 2.24) is 9.47 Å². The summed E-state index contributed by atoms with van der Waals surface area (Å²) in [6.07, 6.45) is 2.65. The molecule has 1 fully saturated rings. The van der Waals surface area contributed by atoms with E-state index in [4.69, 9.17) is 0 Å². The summed E-state index contributed by atoms with van der Waals surface area (Å²) in [5.41, 5.74) is 2.24. The molecule has 0 radical (unpaired) electrons. The van der Waals surface area contributed by atoms with Gasteiger partial charge in [0.05, 0.1) is 6.04 Å². The van der Waals surface area contributed by atoms with Gasteiger partial charge in [0, 0.05) is 19.3 Å². The molecular weight excluding hydrogens is 319 g/mol. The van der Waals surface area contributed by atoms with Crippen LogP contribution in [0.5, 0.6) is 0 Å². The molecule has 0 spiro atoms. The molecule has 2 aromatic rings. The first-order chi connectivity index (χ1) is 11.9. The highest BCUT2D eigenvalue weighted by molar-refractivity contribution is 5.95. The number of piperidine rings is 1. The summed E-state index contributed by atoms with van der Waals surface area (Å²) in [6, 6.07) is 8.06. The van der Waals surface area contributed by atoms with E-state index < -0.39 is 0 Å². The number of halogens is 1. The summed E-state index contributed by atoms with van der Waals surface area (Å²) in [4.78, 5) is 27.6. The summed E-state index contributed by atoms with van der Waals surface area (Å²) in [5, 5.41) is 0. The van der Waals surface area contributed by atoms with E-state index >= 15 is 0 Å². The maximum atomic E-state index is 13.6. The van der Waals surface area contributed by atoms with Crippen molar-refractivity contribution in [2.24, 2.45) is 7.05 Å². The van der Waals surface area contributed by atoms with Crippen LogP contribution >= 0.6 is 0 Å². The van der Waals surface area contributed by atoms with Crippen molar-refractivity contribution in [2.75, 3.05) is 6.54 Å². The zero-order valence-electron chi connectivity index (χ0n) is 14.9. The molecule has 2 heterocycles. The van der Waals surface area contributed by atoms with Gasteiger partial charge in [-0.1, -0.05) is 12.1 Å². The number of hydrogen-bond acceptors (Lipinski definition) is 2. The molecule has 3 rings (SSSR count). The molecule has 0 N–H and O–H groups in total. The van der Waals surface area contributed by atoms with E-state index in [1.54, 1.807) is 24.9 Å². The van der Waals surface area contributed by atoms with Crippen molar-refractivity contribution in [3.63, 3.8) is 0 Å². The van der Waals surface area contributed by atoms with E-state index in [1.807, 2.05) is 19.1 Å². The van der Waals surface area contributed by atoms with Gasteiger partial charge in [-0.15, -0.1) is 0 Å². The quantitative estimate of drug-likeness (QED) is 0.838. The Hall–Kier alpha value is -2.43. The first-order valence-electron chi connectivity index (χ1n) is 8.64. The second kappa shape index (κ2) is 6.82. The molecule has 1 aliphatic rings. The molecule has 25 heavy (non-hydrogen) atoms. The number of carbonyl (C=O) groups is 1. The fraction of sp³-hybridized carbons (Fsp3) is 0.400. The van der Waals surface area contributed by atoms with E-state index in [1.165, 1.54) is 16.7 Å². The summed E-state index contributed by atoms with van der Waals surface area (Å²) < 4.78 is 15.1. The van der Waals surface area contributed by atoms with Crippen molar-refractivity contribution in [2.45, 2.75) is 39.2 Å². The Balaban J connectivity index is 2.03. The van der Waals surface area contributed by atoms with E-state index in [-0.39, 0.29) is 28.9 Å². The van der Waals surface area contributed by atoms with E-state index in [0.29, 0.717) is 12.1 Å². The topological polar surface area (TPSA) is 42.3 Å². The molecule has 0 aliphatic carbocycles. The van der Waals surface area contributed by atoms with Crippen molar-refractivity contribution in [1.29, 1.82) is 0 Å². The molecule has 4 nitrogen and oxygen atoms in total. The largest absolute Gasteiger partial charge is 0.331 e. The number of pyridine rings is 1. The Morgan fingerprint density at radius 3 is 2.68 bits per heavy atom. The van der Waals surface area contributed by atoms with Crippen LogP contribution in [-0.4, -0.2) is 21.9 Å². The average Bonchev–Trinajstić information content (AvgIpc) is 2.59. The van der Waals surface area contributed by atoms with Gasteiger partial charge >= 0.3 is 0 Å². The Morgan fingerprint density at radius 1 is 1.20 bits per heavy atom. The lowest BCUT2D eigenvalue weighted by Gasteiger charge is -2.36. The van der Waals surface area contributed by atoms with Gasteiger partial charge in [-0.3, -0.25) is 9.59 Å². The minimum atomic E-state index is -0.307. The number of aromatic nitrogens is 1. The van der Waals surface area contributed by atoms with Crippen LogP contribution < -0.4 is 5.56 Å². The molecule has 1 aromatic heterocycles. The van der Waals surface area contributed by atoms with Gasteiger partial charge < -0.3 is 9.47 Å². The number of aryl methyl sites for hydroxylation is 2. The number of rotatable bonds is 2. The Kier molecular flexibility index (Phi) is 4.75. The van der Waals surface area contributed by atoms with Crippen LogP contribution in [0.4, 0.5) is 4.39 Å². The Morgan fingerprint density at radius 2 is 1.96 bits per heavy atom. The molecule has 1 aromatic carbocycles. The maximum absolute atomic E-state index is 13.6. The number of hydrogen-bond donors (Lipinski definition) is 0. The summed E-state index contributed by atoms with van der Waals surface area (Å²) in [6.45, 7) is 4.22. The maximum Gasteiger partial charge on any atom is 0.263 e. The standard InChI is InChI=1S/C20H23FN2O2/c1-13-11-14(2)22(3)19(24)18(13)20(25)23-10-5-4-9-17(23)15-7-6-8-16(21)12-15/h6-8,11-12,17H,4-5,9-10H2,1-3H3/t17-/m0/s1. The zero-order chi connectivity index (χ0) is 18.1. The Labute approximate surface area is 146 Å². The fourth-order valence-corrected chi connectivity index (χ4v) is 3.62. The molecule has 0 saturated carbocycles. The summed E-state index contributed by atoms with van der Waals surface area (Å²) in [5.74, 6) is -0.565. The molecule has 1 aliphatic heterocycles. The first-order valence-corrected chi connectivity index (χ1v) is 8.64. The van der Waals surface area contributed by atoms with Crippen molar-refractivity contribution in [3.05, 3.63) is 68.9 Å². The lowest BCUT2D eigenvalue weighted by atomic mass is 9.94. The molecule has 132 valence electrons. The van der Waals surface area contributed by atoms with Crippen molar-refractivity contribution in [3.8, 4) is 0 Å². The van der Waals surface area contributed by atoms with Gasteiger partial charge in [-0.05, 0) is 62.4 Å². The van der Waals surface area contributed by atoms with E-state index in [2.05, 4.69) is 0 Å². The number of benzene rings is 1. The summed E-state index contributed by atoms with van der Waals surface area (Å²) >= 11 is 0. The highest BCUT2D eigenvalue weighted by Crippen LogP contribution is 2.32. The van der Waals surface area contributed by atoms with Gasteiger partial charge in [-0.2, -0.15) is 0 Å². The van der Waals surface area contributed by atoms with Crippen LogP contribution in [0.3, 0.4) is 0 Å². The predicted octanol–water partition coefficient (Wildman–Crippen LogP) is 3.51. The third-order valence-electron chi connectivity index (χ3n) is 5.08. The lowest BCUT2D eigenvalue weighted by molar-refractivity contribution is 0.0608. The van der Waals surface area contributed by atoms with Crippen LogP contribution in [0.1, 0.15) is 52.5 Å². The smallest absolute Gasteiger partial charge is 0.263 e. The highest BCUT2D eigenvalue weighted by Gasteiger charge is 2.31. The molecule has 5 heteroatoms. The van der Waals surface area contributed by atoms with Gasteiger partial charge in [0.25, 0.3) is 11.5 Å². The minimum Gasteiger partial charge on any atom is -0.331 e. The Bertz CT molecular complexity index is 872. The molecular formula is C20H23FN2O2. The highest BCUT2D eigenvalue weighted by atomic mass is 19.1. The number of carbonyl (C=O) groups excluding carboxylic acids is 1. The second-order valence-corrected chi connectivity index (χ2v) is 6.77. The third kappa shape index (κ3) is 3.23. The second-order valence-electron chi connectivity index (χ2n) is 6.77. The monoisotopic (exact) mass is 342 g/mol. The minimum absolute atomic E-state index is 0.192. The summed E-state index contributed by atoms with van der Waals surface area (Å²) in [7, 11) is 1.67. The SMILES string of the molecule is Cc1cc(C)n(C)c(=O)c1C(=O)N1CCCC[C@H]1c1cccc(F)c1. The van der Waals surface area contributed by atoms with Crippen LogP contribution in [0.15, 0.2) is 35.1 Å². The third-order valence-corrected chi connectivity index (χ3v) is 5.08. The fourth-order valence-electron chi connectivity index (χ4n) is 3.62. The molecule has 1 amide bonds. The van der Waals surface area contributed by atoms with Crippen molar-refractivity contribution >= 4 is 5.91 Å². The first kappa shape index (κ1) is 17.4.